The van der Waals surface area contributed by atoms with Crippen molar-refractivity contribution in [1.82, 2.24) is 14.8 Å². The second-order valence-electron chi connectivity index (χ2n) is 9.26. The molecule has 1 saturated heterocycles. The van der Waals surface area contributed by atoms with Crippen LogP contribution in [0.25, 0.3) is 22.4 Å². The molecule has 0 aliphatic carbocycles. The van der Waals surface area contributed by atoms with Crippen molar-refractivity contribution in [3.63, 3.8) is 0 Å². The van der Waals surface area contributed by atoms with E-state index in [0.717, 1.165) is 49.7 Å². The number of nitrogens with one attached hydrogen (secondary N) is 1. The topological polar surface area (TPSA) is 81.8 Å². The second kappa shape index (κ2) is 10.6. The van der Waals surface area contributed by atoms with Crippen LogP contribution in [0.3, 0.4) is 0 Å². The molecule has 3 N–H and O–H groups in total. The second-order valence-corrected chi connectivity index (χ2v) is 9.26. The number of carbonyl (C=O) groups excluding carboxylic acids is 1. The molecule has 1 amide bonds. The van der Waals surface area contributed by atoms with Crippen LogP contribution >= 0.6 is 0 Å². The van der Waals surface area contributed by atoms with Crippen molar-refractivity contribution in [1.29, 1.82) is 0 Å². The molecule has 1 aromatic heterocycles. The van der Waals surface area contributed by atoms with Crippen LogP contribution in [0.5, 0.6) is 5.75 Å². The molecule has 0 saturated carbocycles. The van der Waals surface area contributed by atoms with Gasteiger partial charge in [0.15, 0.2) is 0 Å². The van der Waals surface area contributed by atoms with Gasteiger partial charge in [-0.25, -0.2) is 0 Å². The minimum Gasteiger partial charge on any atom is -0.406 e. The maximum atomic E-state index is 12.9. The first kappa shape index (κ1) is 25.3. The Balaban J connectivity index is 1.58. The fourth-order valence-electron chi connectivity index (χ4n) is 5.06. The lowest BCUT2D eigenvalue weighted by Crippen LogP contribution is -2.39. The molecule has 0 radical (unpaired) electrons. The summed E-state index contributed by atoms with van der Waals surface area (Å²) in [7, 11) is 0. The molecule has 0 spiro atoms. The number of benzene rings is 2. The summed E-state index contributed by atoms with van der Waals surface area (Å²) in [6, 6.07) is 15.6. The molecular formula is C27H29F3N4O3. The summed E-state index contributed by atoms with van der Waals surface area (Å²) in [4.78, 5) is 15.2. The molecule has 2 aromatic carbocycles. The van der Waals surface area contributed by atoms with Gasteiger partial charge in [-0.05, 0) is 47.9 Å². The van der Waals surface area contributed by atoms with E-state index in [-0.39, 0.29) is 17.7 Å². The number of morpholine rings is 1. The first-order valence-electron chi connectivity index (χ1n) is 12.3. The minimum atomic E-state index is -4.80. The number of alkyl halides is 3. The SMILES string of the molecule is NCCC1CNC(=O)c2cc(-c3cccc(OC(F)(F)F)c3)c(-c3ccc(CN4CCOCC4)cc3)n21. The number of nitrogens with zero attached hydrogens (tertiary/aromatic N) is 2. The van der Waals surface area contributed by atoms with Crippen molar-refractivity contribution < 1.29 is 27.4 Å². The van der Waals surface area contributed by atoms with Gasteiger partial charge in [0.1, 0.15) is 11.4 Å². The Labute approximate surface area is 213 Å². The third-order valence-corrected chi connectivity index (χ3v) is 6.75. The van der Waals surface area contributed by atoms with Gasteiger partial charge in [0.25, 0.3) is 5.91 Å². The van der Waals surface area contributed by atoms with Crippen LogP contribution in [0, 0.1) is 0 Å². The monoisotopic (exact) mass is 514 g/mol. The van der Waals surface area contributed by atoms with Crippen LogP contribution in [0.15, 0.2) is 54.6 Å². The van der Waals surface area contributed by atoms with Crippen LogP contribution in [0.2, 0.25) is 0 Å². The van der Waals surface area contributed by atoms with E-state index < -0.39 is 6.36 Å². The molecule has 37 heavy (non-hydrogen) atoms. The Morgan fingerprint density at radius 2 is 1.81 bits per heavy atom. The molecule has 2 aliphatic rings. The molecule has 1 atom stereocenters. The molecule has 1 fully saturated rings. The van der Waals surface area contributed by atoms with E-state index in [2.05, 4.69) is 27.1 Å². The molecule has 3 heterocycles. The van der Waals surface area contributed by atoms with Gasteiger partial charge in [-0.3, -0.25) is 9.69 Å². The third kappa shape index (κ3) is 5.66. The van der Waals surface area contributed by atoms with Crippen molar-refractivity contribution in [3.05, 3.63) is 65.9 Å². The van der Waals surface area contributed by atoms with Gasteiger partial charge in [0, 0.05) is 31.7 Å². The molecule has 196 valence electrons. The smallest absolute Gasteiger partial charge is 0.406 e. The van der Waals surface area contributed by atoms with Gasteiger partial charge in [-0.1, -0.05) is 36.4 Å². The molecule has 1 unspecified atom stereocenters. The van der Waals surface area contributed by atoms with Crippen LogP contribution in [0.4, 0.5) is 13.2 Å². The summed E-state index contributed by atoms with van der Waals surface area (Å²) < 4.78 is 50.3. The third-order valence-electron chi connectivity index (χ3n) is 6.75. The van der Waals surface area contributed by atoms with Crippen molar-refractivity contribution in [2.75, 3.05) is 39.4 Å². The summed E-state index contributed by atoms with van der Waals surface area (Å²) in [5.74, 6) is -0.545. The Hall–Kier alpha value is -3.34. The standard InChI is InChI=1S/C27H29F3N4O3/c28-27(29,30)37-22-3-1-2-20(14-22)23-15-24-26(35)32-16-21(8-9-31)34(24)25(23)19-6-4-18(5-7-19)17-33-10-12-36-13-11-33/h1-7,14-15,21H,8-13,16-17,31H2,(H,32,35). The number of rotatable bonds is 7. The van der Waals surface area contributed by atoms with E-state index in [0.29, 0.717) is 36.3 Å². The predicted octanol–water partition coefficient (Wildman–Crippen LogP) is 4.19. The zero-order chi connectivity index (χ0) is 26.0. The average molecular weight is 515 g/mol. The summed E-state index contributed by atoms with van der Waals surface area (Å²) in [5, 5.41) is 2.91. The van der Waals surface area contributed by atoms with E-state index in [9.17, 15) is 18.0 Å². The Kier molecular flexibility index (Phi) is 7.23. The largest absolute Gasteiger partial charge is 0.573 e. The van der Waals surface area contributed by atoms with Gasteiger partial charge in [0.2, 0.25) is 0 Å². The normalized spacial score (nSPS) is 18.4. The first-order chi connectivity index (χ1) is 17.8. The van der Waals surface area contributed by atoms with Gasteiger partial charge < -0.3 is 25.1 Å². The maximum Gasteiger partial charge on any atom is 0.573 e. The lowest BCUT2D eigenvalue weighted by Gasteiger charge is -2.29. The Morgan fingerprint density at radius 1 is 1.05 bits per heavy atom. The van der Waals surface area contributed by atoms with Gasteiger partial charge in [0.05, 0.1) is 24.9 Å². The van der Waals surface area contributed by atoms with Crippen LogP contribution in [0.1, 0.15) is 28.5 Å². The van der Waals surface area contributed by atoms with Crippen LogP contribution in [-0.2, 0) is 11.3 Å². The van der Waals surface area contributed by atoms with Crippen molar-refractivity contribution in [3.8, 4) is 28.1 Å². The first-order valence-corrected chi connectivity index (χ1v) is 12.3. The summed E-state index contributed by atoms with van der Waals surface area (Å²) in [6.45, 7) is 4.86. The highest BCUT2D eigenvalue weighted by molar-refractivity contribution is 5.98. The van der Waals surface area contributed by atoms with Crippen LogP contribution < -0.4 is 15.8 Å². The lowest BCUT2D eigenvalue weighted by molar-refractivity contribution is -0.274. The number of carbonyl (C=O) groups is 1. The van der Waals surface area contributed by atoms with Gasteiger partial charge in [-0.2, -0.15) is 0 Å². The number of fused-ring (bicyclic) bond motifs is 1. The van der Waals surface area contributed by atoms with Gasteiger partial charge in [-0.15, -0.1) is 13.2 Å². The molecule has 5 rings (SSSR count). The Morgan fingerprint density at radius 3 is 2.51 bits per heavy atom. The minimum absolute atomic E-state index is 0.0796. The summed E-state index contributed by atoms with van der Waals surface area (Å²) >= 11 is 0. The molecule has 10 heteroatoms. The van der Waals surface area contributed by atoms with Crippen LogP contribution in [-0.4, -0.2) is 61.1 Å². The van der Waals surface area contributed by atoms with Crippen molar-refractivity contribution >= 4 is 5.91 Å². The number of nitrogens with two attached hydrogens (primary N) is 1. The highest BCUT2D eigenvalue weighted by atomic mass is 19.4. The predicted molar refractivity (Wildman–Crippen MR) is 133 cm³/mol. The van der Waals surface area contributed by atoms with Crippen molar-refractivity contribution in [2.45, 2.75) is 25.4 Å². The fourth-order valence-corrected chi connectivity index (χ4v) is 5.06. The number of halogens is 3. The number of ether oxygens (including phenoxy) is 2. The molecule has 3 aromatic rings. The zero-order valence-corrected chi connectivity index (χ0v) is 20.3. The van der Waals surface area contributed by atoms with E-state index in [1.807, 2.05) is 16.7 Å². The quantitative estimate of drug-likeness (QED) is 0.494. The lowest BCUT2D eigenvalue weighted by atomic mass is 9.99. The highest BCUT2D eigenvalue weighted by Gasteiger charge is 2.33. The summed E-state index contributed by atoms with van der Waals surface area (Å²) in [5.41, 5.74) is 10.3. The number of aromatic nitrogens is 1. The highest BCUT2D eigenvalue weighted by Crippen LogP contribution is 2.40. The Bertz CT molecular complexity index is 1250. The molecular weight excluding hydrogens is 485 g/mol. The molecule has 0 bridgehead atoms. The fraction of sp³-hybridized carbons (Fsp3) is 0.370. The number of hydrogen-bond donors (Lipinski definition) is 2. The zero-order valence-electron chi connectivity index (χ0n) is 20.3. The molecule has 2 aliphatic heterocycles. The average Bonchev–Trinajstić information content (AvgIpc) is 3.28. The molecule has 7 nitrogen and oxygen atoms in total. The van der Waals surface area contributed by atoms with E-state index in [1.165, 1.54) is 18.2 Å². The number of amides is 1. The summed E-state index contributed by atoms with van der Waals surface area (Å²) in [6.07, 6.45) is -4.16. The van der Waals surface area contributed by atoms with Crippen molar-refractivity contribution in [2.24, 2.45) is 5.73 Å². The van der Waals surface area contributed by atoms with E-state index in [4.69, 9.17) is 10.5 Å². The van der Waals surface area contributed by atoms with E-state index in [1.54, 1.807) is 12.1 Å². The maximum absolute atomic E-state index is 12.9. The number of hydrogen-bond acceptors (Lipinski definition) is 5. The van der Waals surface area contributed by atoms with Gasteiger partial charge >= 0.3 is 6.36 Å². The van der Waals surface area contributed by atoms with E-state index >= 15 is 0 Å².